The van der Waals surface area contributed by atoms with Crippen LogP contribution in [0.1, 0.15) is 66.5 Å². The van der Waals surface area contributed by atoms with E-state index in [1.807, 2.05) is 23.6 Å². The van der Waals surface area contributed by atoms with Crippen LogP contribution in [-0.2, 0) is 24.3 Å². The number of carboxylic acids is 1. The van der Waals surface area contributed by atoms with Gasteiger partial charge in [0.1, 0.15) is 11.6 Å². The Morgan fingerprint density at radius 1 is 1.21 bits per heavy atom. The van der Waals surface area contributed by atoms with Gasteiger partial charge in [0, 0.05) is 19.5 Å². The monoisotopic (exact) mass is 485 g/mol. The summed E-state index contributed by atoms with van der Waals surface area (Å²) in [5, 5.41) is 11.7. The van der Waals surface area contributed by atoms with E-state index >= 15 is 0 Å². The maximum Gasteiger partial charge on any atom is 0.338 e. The Hall–Kier alpha value is -2.87. The highest BCUT2D eigenvalue weighted by molar-refractivity contribution is 7.81. The second-order valence-corrected chi connectivity index (χ2v) is 9.75. The molecule has 0 bridgehead atoms. The molecule has 3 rings (SSSR count). The van der Waals surface area contributed by atoms with Gasteiger partial charge in [-0.3, -0.25) is 4.79 Å². The summed E-state index contributed by atoms with van der Waals surface area (Å²) in [5.41, 5.74) is 4.02. The van der Waals surface area contributed by atoms with Crippen LogP contribution in [0.4, 0.5) is 4.39 Å². The summed E-state index contributed by atoms with van der Waals surface area (Å²) in [7, 11) is 0. The third kappa shape index (κ3) is 5.97. The largest absolute Gasteiger partial charge is 0.478 e. The number of nitrogens with one attached hydrogen (secondary N) is 1. The summed E-state index contributed by atoms with van der Waals surface area (Å²) in [4.78, 5) is 28.4. The number of thiol groups is 1. The Bertz CT molecular complexity index is 1210. The molecule has 1 aromatic heterocycles. The predicted octanol–water partition coefficient (Wildman–Crippen LogP) is 5.14. The molecular weight excluding hydrogens is 453 g/mol. The van der Waals surface area contributed by atoms with Crippen molar-refractivity contribution in [3.63, 3.8) is 0 Å². The molecule has 0 aliphatic carbocycles. The number of fused-ring (bicyclic) bond motifs is 1. The lowest BCUT2D eigenvalue weighted by molar-refractivity contribution is -0.120. The number of aromatic nitrogens is 2. The first-order valence-corrected chi connectivity index (χ1v) is 12.1. The molecule has 6 nitrogen and oxygen atoms in total. The van der Waals surface area contributed by atoms with Crippen molar-refractivity contribution in [3.8, 4) is 0 Å². The first-order valence-electron chi connectivity index (χ1n) is 11.6. The molecule has 8 heteroatoms. The number of aromatic carboxylic acids is 1. The van der Waals surface area contributed by atoms with Crippen molar-refractivity contribution in [3.05, 3.63) is 64.2 Å². The zero-order valence-corrected chi connectivity index (χ0v) is 21.0. The molecule has 0 fully saturated rings. The van der Waals surface area contributed by atoms with Crippen molar-refractivity contribution in [2.75, 3.05) is 0 Å². The van der Waals surface area contributed by atoms with Crippen LogP contribution in [0.3, 0.4) is 0 Å². The van der Waals surface area contributed by atoms with Crippen molar-refractivity contribution in [1.29, 1.82) is 0 Å². The van der Waals surface area contributed by atoms with Crippen molar-refractivity contribution in [1.82, 2.24) is 14.9 Å². The Kier molecular flexibility index (Phi) is 8.36. The first kappa shape index (κ1) is 25.7. The van der Waals surface area contributed by atoms with Gasteiger partial charge in [0.25, 0.3) is 0 Å². The lowest BCUT2D eigenvalue weighted by Gasteiger charge is -2.14. The van der Waals surface area contributed by atoms with Gasteiger partial charge in [0.05, 0.1) is 21.8 Å². The molecular formula is C26H32FN3O3S. The Morgan fingerprint density at radius 2 is 1.94 bits per heavy atom. The molecule has 3 aromatic rings. The van der Waals surface area contributed by atoms with Crippen LogP contribution in [0.15, 0.2) is 30.3 Å². The maximum atomic E-state index is 14.3. The number of nitrogens with zero attached hydrogens (tertiary/aromatic N) is 2. The van der Waals surface area contributed by atoms with Gasteiger partial charge >= 0.3 is 5.97 Å². The van der Waals surface area contributed by atoms with Gasteiger partial charge in [0.2, 0.25) is 5.91 Å². The second-order valence-electron chi connectivity index (χ2n) is 9.13. The van der Waals surface area contributed by atoms with E-state index in [0.29, 0.717) is 31.0 Å². The molecule has 0 saturated carbocycles. The third-order valence-electron chi connectivity index (χ3n) is 5.73. The van der Waals surface area contributed by atoms with Crippen molar-refractivity contribution >= 4 is 35.5 Å². The smallest absolute Gasteiger partial charge is 0.338 e. The molecule has 1 amide bonds. The fourth-order valence-electron chi connectivity index (χ4n) is 4.08. The number of carbonyl (C=O) groups is 2. The fraction of sp³-hybridized carbons (Fsp3) is 0.423. The molecule has 34 heavy (non-hydrogen) atoms. The SMILES string of the molecule is CCCc1nc2c(C)cc(CNC(=O)C(S)CC(C)C)cc2n1Cc1ccc(C(=O)O)c(F)c1. The number of halogens is 1. The fourth-order valence-corrected chi connectivity index (χ4v) is 4.59. The molecule has 2 N–H and O–H groups in total. The molecule has 2 aromatic carbocycles. The molecule has 0 aliphatic rings. The molecule has 1 unspecified atom stereocenters. The maximum absolute atomic E-state index is 14.3. The van der Waals surface area contributed by atoms with Gasteiger partial charge in [-0.05, 0) is 60.6 Å². The quantitative estimate of drug-likeness (QED) is 0.347. The first-order chi connectivity index (χ1) is 16.1. The molecule has 0 radical (unpaired) electrons. The molecule has 0 aliphatic heterocycles. The predicted molar refractivity (Wildman–Crippen MR) is 135 cm³/mol. The number of rotatable bonds is 10. The van der Waals surface area contributed by atoms with Gasteiger partial charge < -0.3 is 15.0 Å². The van der Waals surface area contributed by atoms with Gasteiger partial charge in [-0.15, -0.1) is 0 Å². The van der Waals surface area contributed by atoms with E-state index in [2.05, 4.69) is 38.7 Å². The number of benzene rings is 2. The minimum Gasteiger partial charge on any atom is -0.478 e. The van der Waals surface area contributed by atoms with E-state index in [1.54, 1.807) is 6.07 Å². The minimum atomic E-state index is -1.29. The Labute approximate surface area is 205 Å². The van der Waals surface area contributed by atoms with Crippen LogP contribution < -0.4 is 5.32 Å². The standard InChI is InChI=1S/C26H32FN3O3S/c1-5-6-23-29-24-16(4)10-18(13-28-25(31)22(34)9-15(2)3)12-21(24)30(23)14-17-7-8-19(26(32)33)20(27)11-17/h7-8,10-12,15,22,34H,5-6,9,13-14H2,1-4H3,(H,28,31)(H,32,33). The Morgan fingerprint density at radius 3 is 2.56 bits per heavy atom. The van der Waals surface area contributed by atoms with Crippen LogP contribution >= 0.6 is 12.6 Å². The lowest BCUT2D eigenvalue weighted by Crippen LogP contribution is -2.31. The minimum absolute atomic E-state index is 0.0936. The normalized spacial score (nSPS) is 12.3. The molecule has 0 spiro atoms. The summed E-state index contributed by atoms with van der Waals surface area (Å²) >= 11 is 4.42. The van der Waals surface area contributed by atoms with E-state index in [1.165, 1.54) is 12.1 Å². The lowest BCUT2D eigenvalue weighted by atomic mass is 10.1. The van der Waals surface area contributed by atoms with E-state index in [9.17, 15) is 14.0 Å². The molecule has 1 heterocycles. The van der Waals surface area contributed by atoms with Crippen LogP contribution in [0.5, 0.6) is 0 Å². The van der Waals surface area contributed by atoms with E-state index in [0.717, 1.165) is 40.8 Å². The van der Waals surface area contributed by atoms with Crippen LogP contribution in [0, 0.1) is 18.7 Å². The summed E-state index contributed by atoms with van der Waals surface area (Å²) in [6.45, 7) is 8.92. The van der Waals surface area contributed by atoms with Crippen molar-refractivity contribution in [2.24, 2.45) is 5.92 Å². The number of carboxylic acid groups (broad SMARTS) is 1. The average molecular weight is 486 g/mol. The number of aryl methyl sites for hydroxylation is 2. The van der Waals surface area contributed by atoms with E-state index in [-0.39, 0.29) is 16.7 Å². The van der Waals surface area contributed by atoms with E-state index < -0.39 is 11.8 Å². The zero-order chi connectivity index (χ0) is 25.0. The number of amides is 1. The van der Waals surface area contributed by atoms with Crippen molar-refractivity contribution < 1.29 is 19.1 Å². The topological polar surface area (TPSA) is 84.2 Å². The molecule has 1 atom stereocenters. The summed E-state index contributed by atoms with van der Waals surface area (Å²) in [6.07, 6.45) is 2.36. The molecule has 182 valence electrons. The summed E-state index contributed by atoms with van der Waals surface area (Å²) < 4.78 is 16.3. The number of hydrogen-bond acceptors (Lipinski definition) is 4. The van der Waals surface area contributed by atoms with Gasteiger partial charge in [-0.1, -0.05) is 32.9 Å². The summed E-state index contributed by atoms with van der Waals surface area (Å²) in [5.74, 6) is -0.870. The number of hydrogen-bond donors (Lipinski definition) is 3. The highest BCUT2D eigenvalue weighted by Gasteiger charge is 2.18. The van der Waals surface area contributed by atoms with Crippen LogP contribution in [0.2, 0.25) is 0 Å². The molecule has 0 saturated heterocycles. The van der Waals surface area contributed by atoms with Gasteiger partial charge in [-0.2, -0.15) is 12.6 Å². The second kappa shape index (κ2) is 11.0. The van der Waals surface area contributed by atoms with E-state index in [4.69, 9.17) is 10.1 Å². The zero-order valence-electron chi connectivity index (χ0n) is 20.1. The van der Waals surface area contributed by atoms with Crippen molar-refractivity contribution in [2.45, 2.75) is 65.3 Å². The highest BCUT2D eigenvalue weighted by Crippen LogP contribution is 2.25. The average Bonchev–Trinajstić information content (AvgIpc) is 3.09. The number of carbonyl (C=O) groups excluding carboxylic acids is 1. The van der Waals surface area contributed by atoms with Gasteiger partial charge in [0.15, 0.2) is 0 Å². The van der Waals surface area contributed by atoms with Gasteiger partial charge in [-0.25, -0.2) is 14.2 Å². The van der Waals surface area contributed by atoms with Crippen LogP contribution in [-0.4, -0.2) is 31.8 Å². The van der Waals surface area contributed by atoms with Crippen LogP contribution in [0.25, 0.3) is 11.0 Å². The highest BCUT2D eigenvalue weighted by atomic mass is 32.1. The number of imidazole rings is 1. The third-order valence-corrected chi connectivity index (χ3v) is 6.17. The summed E-state index contributed by atoms with van der Waals surface area (Å²) in [6, 6.07) is 8.22. The Balaban J connectivity index is 1.93.